The van der Waals surface area contributed by atoms with Gasteiger partial charge < -0.3 is 24.3 Å². The largest absolute Gasteiger partial charge is 0.451 e. The molecule has 4 aliphatic heterocycles. The predicted octanol–water partition coefficient (Wildman–Crippen LogP) is 4.79. The van der Waals surface area contributed by atoms with E-state index in [1.54, 1.807) is 11.0 Å². The highest BCUT2D eigenvalue weighted by Gasteiger charge is 2.44. The summed E-state index contributed by atoms with van der Waals surface area (Å²) in [6.45, 7) is 10.6. The van der Waals surface area contributed by atoms with Gasteiger partial charge in [-0.3, -0.25) is 9.58 Å². The SMILES string of the molecule is Cc1cnn(C2CCN(C)C2)c1C1CCN(c2cc(N3CC(N4CCN(C(=O)OCc5ccccc5)CC4)[C@H]3C)nc(C(F)(F)F)n2)CC1. The van der Waals surface area contributed by atoms with Gasteiger partial charge in [-0.25, -0.2) is 14.8 Å². The summed E-state index contributed by atoms with van der Waals surface area (Å²) in [7, 11) is 2.13. The van der Waals surface area contributed by atoms with E-state index in [2.05, 4.69) is 38.4 Å². The lowest BCUT2D eigenvalue weighted by Crippen LogP contribution is -2.68. The Morgan fingerprint density at radius 3 is 2.31 bits per heavy atom. The van der Waals surface area contributed by atoms with E-state index in [1.807, 2.05) is 53.3 Å². The molecule has 6 heterocycles. The molecule has 264 valence electrons. The number of amides is 1. The van der Waals surface area contributed by atoms with Gasteiger partial charge in [0.1, 0.15) is 18.2 Å². The topological polar surface area (TPSA) is 86.1 Å². The third-order valence-corrected chi connectivity index (χ3v) is 10.9. The minimum Gasteiger partial charge on any atom is -0.445 e. The summed E-state index contributed by atoms with van der Waals surface area (Å²) in [6.07, 6.45) is -0.308. The van der Waals surface area contributed by atoms with E-state index in [4.69, 9.17) is 9.84 Å². The second kappa shape index (κ2) is 13.8. The Labute approximate surface area is 285 Å². The molecule has 0 N–H and O–H groups in total. The number of halogens is 3. The van der Waals surface area contributed by atoms with E-state index >= 15 is 0 Å². The number of ether oxygens (including phenoxy) is 1. The number of rotatable bonds is 7. The van der Waals surface area contributed by atoms with Gasteiger partial charge in [0.15, 0.2) is 0 Å². The van der Waals surface area contributed by atoms with Crippen LogP contribution in [-0.2, 0) is 17.5 Å². The maximum Gasteiger partial charge on any atom is 0.451 e. The molecule has 2 unspecified atom stereocenters. The molecule has 11 nitrogen and oxygen atoms in total. The average molecular weight is 682 g/mol. The third kappa shape index (κ3) is 7.07. The number of carbonyl (C=O) groups is 1. The molecule has 3 aromatic rings. The highest BCUT2D eigenvalue weighted by Crippen LogP contribution is 2.38. The Hall–Kier alpha value is -3.91. The summed E-state index contributed by atoms with van der Waals surface area (Å²) in [5.74, 6) is -0.155. The van der Waals surface area contributed by atoms with Gasteiger partial charge in [-0.2, -0.15) is 18.3 Å². The molecular weight excluding hydrogens is 635 g/mol. The maximum atomic E-state index is 14.1. The van der Waals surface area contributed by atoms with Crippen LogP contribution in [0.5, 0.6) is 0 Å². The number of piperidine rings is 1. The van der Waals surface area contributed by atoms with Crippen molar-refractivity contribution in [1.82, 2.24) is 34.4 Å². The molecule has 4 fully saturated rings. The molecule has 0 aliphatic carbocycles. The molecule has 0 saturated carbocycles. The van der Waals surface area contributed by atoms with Crippen LogP contribution < -0.4 is 9.80 Å². The number of carbonyl (C=O) groups excluding carboxylic acids is 1. The summed E-state index contributed by atoms with van der Waals surface area (Å²) in [6, 6.07) is 11.8. The first-order chi connectivity index (χ1) is 23.5. The van der Waals surface area contributed by atoms with Gasteiger partial charge in [-0.15, -0.1) is 0 Å². The van der Waals surface area contributed by atoms with Gasteiger partial charge in [0, 0.05) is 82.1 Å². The summed E-state index contributed by atoms with van der Waals surface area (Å²) < 4.78 is 50.0. The molecule has 2 aromatic heterocycles. The van der Waals surface area contributed by atoms with Crippen LogP contribution in [0.1, 0.15) is 60.8 Å². The van der Waals surface area contributed by atoms with Crippen molar-refractivity contribution >= 4 is 17.7 Å². The van der Waals surface area contributed by atoms with Crippen molar-refractivity contribution in [3.63, 3.8) is 0 Å². The van der Waals surface area contributed by atoms with Crippen molar-refractivity contribution in [3.8, 4) is 0 Å². The van der Waals surface area contributed by atoms with Crippen molar-refractivity contribution in [3.05, 3.63) is 65.2 Å². The summed E-state index contributed by atoms with van der Waals surface area (Å²) >= 11 is 0. The Morgan fingerprint density at radius 1 is 0.939 bits per heavy atom. The number of alkyl halides is 3. The molecule has 14 heteroatoms. The van der Waals surface area contributed by atoms with Crippen molar-refractivity contribution < 1.29 is 22.7 Å². The van der Waals surface area contributed by atoms with Crippen LogP contribution in [0.2, 0.25) is 0 Å². The van der Waals surface area contributed by atoms with Crippen molar-refractivity contribution in [2.24, 2.45) is 0 Å². The average Bonchev–Trinajstić information content (AvgIpc) is 3.71. The van der Waals surface area contributed by atoms with Crippen LogP contribution in [0, 0.1) is 6.92 Å². The number of piperazine rings is 1. The van der Waals surface area contributed by atoms with Crippen LogP contribution in [-0.4, -0.2) is 119 Å². The molecule has 49 heavy (non-hydrogen) atoms. The molecule has 0 radical (unpaired) electrons. The van der Waals surface area contributed by atoms with Crippen LogP contribution in [0.15, 0.2) is 42.6 Å². The monoisotopic (exact) mass is 681 g/mol. The fraction of sp³-hybridized carbons (Fsp3) is 0.600. The maximum absolute atomic E-state index is 14.1. The zero-order chi connectivity index (χ0) is 34.3. The van der Waals surface area contributed by atoms with E-state index in [1.165, 1.54) is 11.3 Å². The normalized spacial score (nSPS) is 24.4. The number of aryl methyl sites for hydroxylation is 1. The number of nitrogens with zero attached hydrogens (tertiary/aromatic N) is 9. The number of anilines is 2. The van der Waals surface area contributed by atoms with Crippen molar-refractivity contribution in [1.29, 1.82) is 0 Å². The molecule has 7 rings (SSSR count). The highest BCUT2D eigenvalue weighted by atomic mass is 19.4. The molecule has 4 aliphatic rings. The Bertz CT molecular complexity index is 1600. The van der Waals surface area contributed by atoms with Crippen molar-refractivity contribution in [2.75, 3.05) is 75.8 Å². The quantitative estimate of drug-likeness (QED) is 0.350. The number of likely N-dealkylation sites (tertiary alicyclic amines) is 1. The number of likely N-dealkylation sites (N-methyl/N-ethyl adjacent to an activating group) is 1. The highest BCUT2D eigenvalue weighted by molar-refractivity contribution is 5.67. The van der Waals surface area contributed by atoms with Gasteiger partial charge in [0.25, 0.3) is 0 Å². The fourth-order valence-electron chi connectivity index (χ4n) is 7.97. The zero-order valence-corrected chi connectivity index (χ0v) is 28.5. The van der Waals surface area contributed by atoms with Gasteiger partial charge >= 0.3 is 12.3 Å². The van der Waals surface area contributed by atoms with E-state index < -0.39 is 12.0 Å². The third-order valence-electron chi connectivity index (χ3n) is 10.9. The zero-order valence-electron chi connectivity index (χ0n) is 28.5. The second-order valence-electron chi connectivity index (χ2n) is 14.1. The number of hydrogen-bond donors (Lipinski definition) is 0. The molecule has 0 bridgehead atoms. The van der Waals surface area contributed by atoms with Gasteiger partial charge in [0.2, 0.25) is 5.82 Å². The summed E-state index contributed by atoms with van der Waals surface area (Å²) in [5, 5.41) is 4.75. The smallest absolute Gasteiger partial charge is 0.445 e. The van der Waals surface area contributed by atoms with Gasteiger partial charge in [0.05, 0.1) is 12.2 Å². The van der Waals surface area contributed by atoms with E-state index in [-0.39, 0.29) is 24.8 Å². The standard InChI is InChI=1S/C35H46F3N9O2/c1-24-20-39-47(28-11-12-42(3)21-28)32(24)27-9-13-44(14-10-27)30-19-31(41-33(40-30)35(36,37)38)46-22-29(25(46)2)43-15-17-45(18-16-43)34(48)49-23-26-7-5-4-6-8-26/h4-8,19-20,25,27-29H,9-18,21-23H2,1-3H3/t25-,28?,29?/m1/s1. The number of hydrogen-bond acceptors (Lipinski definition) is 9. The second-order valence-corrected chi connectivity index (χ2v) is 14.1. The Balaban J connectivity index is 0.972. The van der Waals surface area contributed by atoms with Gasteiger partial charge in [-0.1, -0.05) is 30.3 Å². The molecule has 3 atom stereocenters. The Kier molecular flexibility index (Phi) is 9.44. The lowest BCUT2D eigenvalue weighted by atomic mass is 9.91. The fourth-order valence-corrected chi connectivity index (χ4v) is 7.97. The lowest BCUT2D eigenvalue weighted by Gasteiger charge is -2.53. The number of benzene rings is 1. The van der Waals surface area contributed by atoms with Crippen LogP contribution in [0.3, 0.4) is 0 Å². The minimum atomic E-state index is -4.65. The molecular formula is C35H46F3N9O2. The first-order valence-corrected chi connectivity index (χ1v) is 17.4. The molecule has 1 aromatic carbocycles. The summed E-state index contributed by atoms with van der Waals surface area (Å²) in [5.41, 5.74) is 3.39. The first-order valence-electron chi connectivity index (χ1n) is 17.4. The van der Waals surface area contributed by atoms with Crippen LogP contribution >= 0.6 is 0 Å². The van der Waals surface area contributed by atoms with Gasteiger partial charge in [-0.05, 0) is 57.8 Å². The molecule has 1 amide bonds. The number of aromatic nitrogens is 4. The minimum absolute atomic E-state index is 0.0379. The van der Waals surface area contributed by atoms with Crippen molar-refractivity contribution in [2.45, 2.75) is 69.9 Å². The molecule has 0 spiro atoms. The first kappa shape index (κ1) is 33.6. The van der Waals surface area contributed by atoms with Crippen LogP contribution in [0.25, 0.3) is 0 Å². The molecule has 4 saturated heterocycles. The van der Waals surface area contributed by atoms with E-state index in [0.717, 1.165) is 37.9 Å². The van der Waals surface area contributed by atoms with Crippen LogP contribution in [0.4, 0.5) is 29.6 Å². The summed E-state index contributed by atoms with van der Waals surface area (Å²) in [4.78, 5) is 31.0. The Morgan fingerprint density at radius 2 is 1.65 bits per heavy atom. The van der Waals surface area contributed by atoms with E-state index in [9.17, 15) is 18.0 Å². The lowest BCUT2D eigenvalue weighted by molar-refractivity contribution is -0.144. The van der Waals surface area contributed by atoms with E-state index in [0.29, 0.717) is 69.4 Å². The predicted molar refractivity (Wildman–Crippen MR) is 180 cm³/mol.